The van der Waals surface area contributed by atoms with Crippen molar-refractivity contribution < 1.29 is 4.39 Å². The summed E-state index contributed by atoms with van der Waals surface area (Å²) in [5.74, 6) is 1.13. The van der Waals surface area contributed by atoms with E-state index in [4.69, 9.17) is 11.6 Å². The van der Waals surface area contributed by atoms with Crippen LogP contribution in [0.1, 0.15) is 5.69 Å². The van der Waals surface area contributed by atoms with Gasteiger partial charge in [0.25, 0.3) is 0 Å². The predicted molar refractivity (Wildman–Crippen MR) is 109 cm³/mol. The van der Waals surface area contributed by atoms with Crippen molar-refractivity contribution in [3.8, 4) is 22.0 Å². The van der Waals surface area contributed by atoms with Crippen LogP contribution in [0.4, 0.5) is 4.39 Å². The normalized spacial score (nSPS) is 11.1. The molecule has 2 aromatic heterocycles. The van der Waals surface area contributed by atoms with Crippen LogP contribution in [0, 0.1) is 5.82 Å². The lowest BCUT2D eigenvalue weighted by molar-refractivity contribution is 0.628. The second-order valence-corrected chi connectivity index (χ2v) is 8.05. The Morgan fingerprint density at radius 3 is 2.48 bits per heavy atom. The summed E-state index contributed by atoms with van der Waals surface area (Å²) in [7, 11) is 1.90. The van der Waals surface area contributed by atoms with Gasteiger partial charge in [-0.25, -0.2) is 9.37 Å². The number of hydrogen-bond donors (Lipinski definition) is 0. The molecule has 4 nitrogen and oxygen atoms in total. The zero-order valence-corrected chi connectivity index (χ0v) is 16.7. The van der Waals surface area contributed by atoms with Crippen LogP contribution in [0.5, 0.6) is 0 Å². The van der Waals surface area contributed by atoms with E-state index < -0.39 is 0 Å². The summed E-state index contributed by atoms with van der Waals surface area (Å²) in [6.07, 6.45) is 0. The van der Waals surface area contributed by atoms with E-state index in [-0.39, 0.29) is 5.82 Å². The Morgan fingerprint density at radius 1 is 1.04 bits per heavy atom. The van der Waals surface area contributed by atoms with E-state index in [0.29, 0.717) is 16.6 Å². The fraction of sp³-hybridized carbons (Fsp3) is 0.105. The van der Waals surface area contributed by atoms with Crippen LogP contribution in [0.3, 0.4) is 0 Å². The van der Waals surface area contributed by atoms with Crippen LogP contribution in [0.25, 0.3) is 22.0 Å². The number of thiazole rings is 1. The first-order valence-corrected chi connectivity index (χ1v) is 10.3. The van der Waals surface area contributed by atoms with Gasteiger partial charge in [0.2, 0.25) is 0 Å². The van der Waals surface area contributed by atoms with E-state index in [2.05, 4.69) is 15.2 Å². The van der Waals surface area contributed by atoms with Crippen molar-refractivity contribution in [2.24, 2.45) is 7.05 Å². The van der Waals surface area contributed by atoms with Crippen LogP contribution in [-0.4, -0.2) is 19.7 Å². The molecular weight excluding hydrogens is 403 g/mol. The first kappa shape index (κ1) is 18.2. The molecule has 136 valence electrons. The number of rotatable bonds is 5. The maximum Gasteiger partial charge on any atom is 0.191 e. The molecule has 0 saturated carbocycles. The molecule has 0 radical (unpaired) electrons. The van der Waals surface area contributed by atoms with E-state index in [1.54, 1.807) is 35.2 Å². The molecule has 0 saturated heterocycles. The van der Waals surface area contributed by atoms with Crippen molar-refractivity contribution in [1.29, 1.82) is 0 Å². The molecule has 0 unspecified atom stereocenters. The molecule has 27 heavy (non-hydrogen) atoms. The standard InChI is InChI=1S/C19H14ClFN4S2/c1-25-17(12-4-8-15(21)9-5-12)23-24-19(25)27-11-16-10-26-18(22-16)13-2-6-14(20)7-3-13/h2-10H,11H2,1H3. The molecule has 0 N–H and O–H groups in total. The Labute approximate surface area is 169 Å². The minimum absolute atomic E-state index is 0.268. The van der Waals surface area contributed by atoms with Gasteiger partial charge in [-0.3, -0.25) is 0 Å². The monoisotopic (exact) mass is 416 g/mol. The summed E-state index contributed by atoms with van der Waals surface area (Å²) >= 11 is 9.11. The van der Waals surface area contributed by atoms with Gasteiger partial charge in [-0.05, 0) is 36.4 Å². The van der Waals surface area contributed by atoms with Crippen LogP contribution in [-0.2, 0) is 12.8 Å². The Morgan fingerprint density at radius 2 is 1.74 bits per heavy atom. The number of halogens is 2. The highest BCUT2D eigenvalue weighted by Crippen LogP contribution is 2.29. The Hall–Kier alpha value is -2.22. The van der Waals surface area contributed by atoms with Crippen LogP contribution < -0.4 is 0 Å². The maximum absolute atomic E-state index is 13.1. The molecule has 0 aliphatic rings. The van der Waals surface area contributed by atoms with E-state index >= 15 is 0 Å². The highest BCUT2D eigenvalue weighted by molar-refractivity contribution is 7.98. The van der Waals surface area contributed by atoms with Crippen molar-refractivity contribution in [1.82, 2.24) is 19.7 Å². The third kappa shape index (κ3) is 4.05. The maximum atomic E-state index is 13.1. The van der Waals surface area contributed by atoms with Gasteiger partial charge in [0.15, 0.2) is 11.0 Å². The zero-order chi connectivity index (χ0) is 18.8. The fourth-order valence-electron chi connectivity index (χ4n) is 2.53. The van der Waals surface area contributed by atoms with Gasteiger partial charge >= 0.3 is 0 Å². The molecule has 0 atom stereocenters. The van der Waals surface area contributed by atoms with Crippen LogP contribution >= 0.6 is 34.7 Å². The molecule has 0 aliphatic heterocycles. The van der Waals surface area contributed by atoms with Gasteiger partial charge in [0, 0.05) is 34.3 Å². The highest BCUT2D eigenvalue weighted by atomic mass is 35.5. The first-order valence-electron chi connectivity index (χ1n) is 8.08. The zero-order valence-electron chi connectivity index (χ0n) is 14.3. The molecule has 0 amide bonds. The van der Waals surface area contributed by atoms with Crippen molar-refractivity contribution in [2.45, 2.75) is 10.9 Å². The Kier molecular flexibility index (Phi) is 5.24. The third-order valence-corrected chi connectivity index (χ3v) is 6.18. The minimum Gasteiger partial charge on any atom is -0.305 e. The number of hydrogen-bond acceptors (Lipinski definition) is 5. The van der Waals surface area contributed by atoms with Crippen molar-refractivity contribution >= 4 is 34.7 Å². The summed E-state index contributed by atoms with van der Waals surface area (Å²) in [4.78, 5) is 4.69. The predicted octanol–water partition coefficient (Wildman–Crippen LogP) is 5.69. The lowest BCUT2D eigenvalue weighted by Gasteiger charge is -2.03. The molecule has 8 heteroatoms. The van der Waals surface area contributed by atoms with Gasteiger partial charge in [-0.1, -0.05) is 35.5 Å². The SMILES string of the molecule is Cn1c(SCc2csc(-c3ccc(Cl)cc3)n2)nnc1-c1ccc(F)cc1. The number of thioether (sulfide) groups is 1. The number of aromatic nitrogens is 4. The number of nitrogens with zero attached hydrogens (tertiary/aromatic N) is 4. The second kappa shape index (κ2) is 7.80. The summed E-state index contributed by atoms with van der Waals surface area (Å²) in [5.41, 5.74) is 2.87. The molecule has 2 heterocycles. The molecule has 4 aromatic rings. The summed E-state index contributed by atoms with van der Waals surface area (Å²) in [6.45, 7) is 0. The summed E-state index contributed by atoms with van der Waals surface area (Å²) in [5, 5.41) is 13.0. The molecular formula is C19H14ClFN4S2. The van der Waals surface area contributed by atoms with Gasteiger partial charge < -0.3 is 4.57 Å². The van der Waals surface area contributed by atoms with Gasteiger partial charge in [0.1, 0.15) is 10.8 Å². The van der Waals surface area contributed by atoms with Gasteiger partial charge in [0.05, 0.1) is 5.69 Å². The third-order valence-electron chi connectivity index (χ3n) is 3.93. The lowest BCUT2D eigenvalue weighted by atomic mass is 10.2. The van der Waals surface area contributed by atoms with E-state index in [1.807, 2.05) is 41.3 Å². The fourth-order valence-corrected chi connectivity index (χ4v) is 4.39. The van der Waals surface area contributed by atoms with Gasteiger partial charge in [-0.2, -0.15) is 0 Å². The van der Waals surface area contributed by atoms with Crippen molar-refractivity contribution in [3.05, 3.63) is 70.4 Å². The van der Waals surface area contributed by atoms with Gasteiger partial charge in [-0.15, -0.1) is 21.5 Å². The van der Waals surface area contributed by atoms with Crippen molar-refractivity contribution in [3.63, 3.8) is 0 Å². The molecule has 0 spiro atoms. The second-order valence-electron chi connectivity index (χ2n) is 5.81. The summed E-state index contributed by atoms with van der Waals surface area (Å²) < 4.78 is 15.0. The lowest BCUT2D eigenvalue weighted by Crippen LogP contribution is -1.95. The Bertz CT molecular complexity index is 1060. The molecule has 2 aromatic carbocycles. The average Bonchev–Trinajstić information content (AvgIpc) is 3.28. The molecule has 4 rings (SSSR count). The quantitative estimate of drug-likeness (QED) is 0.392. The van der Waals surface area contributed by atoms with E-state index in [1.165, 1.54) is 12.1 Å². The first-order chi connectivity index (χ1) is 13.1. The van der Waals surface area contributed by atoms with Crippen LogP contribution in [0.15, 0.2) is 59.1 Å². The average molecular weight is 417 g/mol. The molecule has 0 aliphatic carbocycles. The smallest absolute Gasteiger partial charge is 0.191 e. The summed E-state index contributed by atoms with van der Waals surface area (Å²) in [6, 6.07) is 13.9. The van der Waals surface area contributed by atoms with Crippen LogP contribution in [0.2, 0.25) is 5.02 Å². The largest absolute Gasteiger partial charge is 0.305 e. The van der Waals surface area contributed by atoms with Crippen molar-refractivity contribution in [2.75, 3.05) is 0 Å². The molecule has 0 fully saturated rings. The van der Waals surface area contributed by atoms with E-state index in [0.717, 1.165) is 27.0 Å². The van der Waals surface area contributed by atoms with E-state index in [9.17, 15) is 4.39 Å². The topological polar surface area (TPSA) is 43.6 Å². The Balaban J connectivity index is 1.46. The highest BCUT2D eigenvalue weighted by Gasteiger charge is 2.13. The minimum atomic E-state index is -0.268. The molecule has 0 bridgehead atoms. The number of benzene rings is 2.